The number of hydrogen-bond acceptors (Lipinski definition) is 3. The number of benzene rings is 2. The molecule has 1 aromatic heterocycles. The lowest BCUT2D eigenvalue weighted by molar-refractivity contribution is -0.117. The molecule has 1 amide bonds. The second kappa shape index (κ2) is 10.2. The maximum Gasteiger partial charge on any atom is 0.251 e. The molecule has 4 unspecified atom stereocenters. The van der Waals surface area contributed by atoms with Gasteiger partial charge in [-0.1, -0.05) is 62.2 Å². The summed E-state index contributed by atoms with van der Waals surface area (Å²) in [6.07, 6.45) is 7.98. The van der Waals surface area contributed by atoms with Crippen LogP contribution in [0.5, 0.6) is 0 Å². The Balaban J connectivity index is 1.40. The van der Waals surface area contributed by atoms with Crippen LogP contribution in [0, 0.1) is 11.7 Å². The molecule has 2 aromatic carbocycles. The monoisotopic (exact) mass is 473 g/mol. The molecule has 5 rings (SSSR count). The first kappa shape index (κ1) is 23.5. The molecule has 1 saturated carbocycles. The maximum atomic E-state index is 15.1. The molecule has 0 aliphatic heterocycles. The minimum atomic E-state index is -0.546. The van der Waals surface area contributed by atoms with Gasteiger partial charge in [0, 0.05) is 17.3 Å². The zero-order valence-corrected chi connectivity index (χ0v) is 20.0. The first-order valence-electron chi connectivity index (χ1n) is 12.6. The van der Waals surface area contributed by atoms with E-state index in [2.05, 4.69) is 46.7 Å². The molecule has 2 aliphatic carbocycles. The highest BCUT2D eigenvalue weighted by Crippen LogP contribution is 2.40. The lowest BCUT2D eigenvalue weighted by Gasteiger charge is -2.29. The van der Waals surface area contributed by atoms with Gasteiger partial charge in [-0.25, -0.2) is 4.39 Å². The summed E-state index contributed by atoms with van der Waals surface area (Å²) in [6, 6.07) is 15.2. The molecule has 3 aromatic rings. The summed E-state index contributed by atoms with van der Waals surface area (Å²) < 4.78 is 15.1. The summed E-state index contributed by atoms with van der Waals surface area (Å²) in [5.74, 6) is -0.363. The van der Waals surface area contributed by atoms with E-state index in [1.807, 2.05) is 18.2 Å². The minimum absolute atomic E-state index is 0.0785. The lowest BCUT2D eigenvalue weighted by atomic mass is 9.81. The van der Waals surface area contributed by atoms with E-state index in [0.717, 1.165) is 42.5 Å². The Morgan fingerprint density at radius 3 is 2.69 bits per heavy atom. The molecule has 4 atom stereocenters. The second-order valence-electron chi connectivity index (χ2n) is 9.91. The van der Waals surface area contributed by atoms with Crippen molar-refractivity contribution in [1.82, 2.24) is 15.5 Å². The average Bonchev–Trinajstić information content (AvgIpc) is 3.36. The number of nitrogens with zero attached hydrogens (tertiary/aromatic N) is 1. The lowest BCUT2D eigenvalue weighted by Crippen LogP contribution is -2.45. The number of aliphatic hydroxyl groups excluding tert-OH is 1. The van der Waals surface area contributed by atoms with E-state index in [1.165, 1.54) is 11.6 Å². The number of nitrogens with one attached hydrogen (secondary N) is 2. The summed E-state index contributed by atoms with van der Waals surface area (Å²) in [6.45, 7) is 2.13. The molecule has 0 saturated heterocycles. The predicted octanol–water partition coefficient (Wildman–Crippen LogP) is 5.39. The van der Waals surface area contributed by atoms with Gasteiger partial charge in [0.1, 0.15) is 5.82 Å². The van der Waals surface area contributed by atoms with Gasteiger partial charge in [-0.15, -0.1) is 0 Å². The third-order valence-electron chi connectivity index (χ3n) is 7.69. The molecule has 1 heterocycles. The number of aromatic nitrogens is 2. The first-order chi connectivity index (χ1) is 17.0. The number of rotatable bonds is 5. The standard InChI is InChI=1S/C29H32FN3O2/c1-18-21(17-19-9-11-20(12-10-19)25-15-16-31-33-25)13-14-23(28-22(18)5-4-6-24(28)30)29(35)32-26-7-2-3-8-27(26)34/h4-6,9-12,14-16,18,21,26-27,34H,2-3,7-8,13,17H2,1H3,(H,31,33)(H,32,35). The Hall–Kier alpha value is -3.25. The van der Waals surface area contributed by atoms with Gasteiger partial charge in [-0.2, -0.15) is 5.10 Å². The molecule has 0 spiro atoms. The second-order valence-corrected chi connectivity index (χ2v) is 9.91. The number of aliphatic hydroxyl groups is 1. The van der Waals surface area contributed by atoms with Crippen molar-refractivity contribution in [3.8, 4) is 11.3 Å². The smallest absolute Gasteiger partial charge is 0.251 e. The maximum absolute atomic E-state index is 15.1. The van der Waals surface area contributed by atoms with Gasteiger partial charge < -0.3 is 10.4 Å². The van der Waals surface area contributed by atoms with Crippen LogP contribution >= 0.6 is 0 Å². The van der Waals surface area contributed by atoms with Gasteiger partial charge in [-0.05, 0) is 66.3 Å². The van der Waals surface area contributed by atoms with Crippen molar-refractivity contribution in [3.63, 3.8) is 0 Å². The Morgan fingerprint density at radius 1 is 1.14 bits per heavy atom. The quantitative estimate of drug-likeness (QED) is 0.465. The Labute approximate surface area is 205 Å². The average molecular weight is 474 g/mol. The van der Waals surface area contributed by atoms with Gasteiger partial charge in [0.05, 0.1) is 17.8 Å². The largest absolute Gasteiger partial charge is 0.391 e. The molecule has 0 radical (unpaired) electrons. The number of fused-ring (bicyclic) bond motifs is 1. The summed E-state index contributed by atoms with van der Waals surface area (Å²) in [7, 11) is 0. The van der Waals surface area contributed by atoms with Crippen molar-refractivity contribution in [1.29, 1.82) is 0 Å². The molecule has 6 heteroatoms. The van der Waals surface area contributed by atoms with Crippen LogP contribution in [0.3, 0.4) is 0 Å². The van der Waals surface area contributed by atoms with E-state index < -0.39 is 6.10 Å². The third kappa shape index (κ3) is 4.94. The zero-order valence-electron chi connectivity index (χ0n) is 20.0. The summed E-state index contributed by atoms with van der Waals surface area (Å²) in [4.78, 5) is 13.3. The van der Waals surface area contributed by atoms with Gasteiger partial charge in [0.25, 0.3) is 5.91 Å². The van der Waals surface area contributed by atoms with Crippen molar-refractivity contribution in [2.45, 2.75) is 63.5 Å². The number of amides is 1. The molecular weight excluding hydrogens is 441 g/mol. The molecule has 5 nitrogen and oxygen atoms in total. The molecule has 2 aliphatic rings. The fourth-order valence-corrected chi connectivity index (χ4v) is 5.57. The minimum Gasteiger partial charge on any atom is -0.391 e. The zero-order chi connectivity index (χ0) is 24.4. The summed E-state index contributed by atoms with van der Waals surface area (Å²) in [5.41, 5.74) is 4.92. The normalized spacial score (nSPS) is 24.3. The van der Waals surface area contributed by atoms with E-state index >= 15 is 4.39 Å². The molecule has 35 heavy (non-hydrogen) atoms. The van der Waals surface area contributed by atoms with Crippen LogP contribution in [0.4, 0.5) is 4.39 Å². The Bertz CT molecular complexity index is 1200. The van der Waals surface area contributed by atoms with Crippen molar-refractivity contribution < 1.29 is 14.3 Å². The van der Waals surface area contributed by atoms with Crippen molar-refractivity contribution in [2.75, 3.05) is 0 Å². The number of carbonyl (C=O) groups excluding carboxylic acids is 1. The van der Waals surface area contributed by atoms with Crippen LogP contribution in [0.2, 0.25) is 0 Å². The van der Waals surface area contributed by atoms with Crippen LogP contribution in [0.25, 0.3) is 16.8 Å². The Kier molecular flexibility index (Phi) is 6.82. The molecule has 182 valence electrons. The Morgan fingerprint density at radius 2 is 1.94 bits per heavy atom. The van der Waals surface area contributed by atoms with Gasteiger partial charge in [0.2, 0.25) is 0 Å². The van der Waals surface area contributed by atoms with E-state index in [0.29, 0.717) is 24.0 Å². The third-order valence-corrected chi connectivity index (χ3v) is 7.69. The number of aromatic amines is 1. The predicted molar refractivity (Wildman–Crippen MR) is 135 cm³/mol. The van der Waals surface area contributed by atoms with Crippen molar-refractivity contribution >= 4 is 11.5 Å². The van der Waals surface area contributed by atoms with Crippen LogP contribution < -0.4 is 5.32 Å². The van der Waals surface area contributed by atoms with Gasteiger partial charge >= 0.3 is 0 Å². The molecule has 0 bridgehead atoms. The number of halogens is 1. The SMILES string of the molecule is CC1c2cccc(F)c2C(C(=O)NC2CCCCC2O)=CCC1Cc1ccc(-c2ccn[nH]2)cc1. The summed E-state index contributed by atoms with van der Waals surface area (Å²) in [5, 5.41) is 20.3. The van der Waals surface area contributed by atoms with E-state index in [9.17, 15) is 9.90 Å². The molecule has 3 N–H and O–H groups in total. The van der Waals surface area contributed by atoms with E-state index in [1.54, 1.807) is 12.3 Å². The van der Waals surface area contributed by atoms with Crippen LogP contribution in [0.1, 0.15) is 61.6 Å². The highest BCUT2D eigenvalue weighted by molar-refractivity contribution is 6.20. The number of allylic oxidation sites excluding steroid dienone is 1. The van der Waals surface area contributed by atoms with Crippen LogP contribution in [-0.4, -0.2) is 33.4 Å². The fourth-order valence-electron chi connectivity index (χ4n) is 5.57. The van der Waals surface area contributed by atoms with E-state index in [-0.39, 0.29) is 29.6 Å². The molecular formula is C29H32FN3O2. The fraction of sp³-hybridized carbons (Fsp3) is 0.379. The van der Waals surface area contributed by atoms with Crippen molar-refractivity contribution in [3.05, 3.63) is 83.3 Å². The van der Waals surface area contributed by atoms with Gasteiger partial charge in [0.15, 0.2) is 0 Å². The number of hydrogen-bond donors (Lipinski definition) is 3. The highest BCUT2D eigenvalue weighted by Gasteiger charge is 2.32. The van der Waals surface area contributed by atoms with Crippen molar-refractivity contribution in [2.24, 2.45) is 5.92 Å². The van der Waals surface area contributed by atoms with E-state index in [4.69, 9.17) is 0 Å². The highest BCUT2D eigenvalue weighted by atomic mass is 19.1. The topological polar surface area (TPSA) is 78.0 Å². The van der Waals surface area contributed by atoms with Crippen LogP contribution in [-0.2, 0) is 11.2 Å². The molecule has 1 fully saturated rings. The van der Waals surface area contributed by atoms with Gasteiger partial charge in [-0.3, -0.25) is 9.89 Å². The summed E-state index contributed by atoms with van der Waals surface area (Å²) >= 11 is 0. The number of carbonyl (C=O) groups is 1. The van der Waals surface area contributed by atoms with Crippen LogP contribution in [0.15, 0.2) is 60.8 Å². The number of H-pyrrole nitrogens is 1. The first-order valence-corrected chi connectivity index (χ1v) is 12.6.